The monoisotopic (exact) mass is 304 g/mol. The molecule has 1 heterocycles. The Hall–Kier alpha value is -1.59. The number of esters is 1. The van der Waals surface area contributed by atoms with Gasteiger partial charge in [-0.15, -0.1) is 0 Å². The number of hydrogen-bond donors (Lipinski definition) is 0. The van der Waals surface area contributed by atoms with Gasteiger partial charge in [0.2, 0.25) is 5.60 Å². The topological polar surface area (TPSA) is 26.3 Å². The SMILES string of the molecule is Cc1cc([C@]2(C)C(=O)O[C@@](C)(C(F)(F)F)[C@H]2C)ccc1F. The maximum Gasteiger partial charge on any atom is 0.428 e. The molecule has 1 fully saturated rings. The zero-order valence-electron chi connectivity index (χ0n) is 12.1. The van der Waals surface area contributed by atoms with E-state index in [4.69, 9.17) is 4.74 Å². The lowest BCUT2D eigenvalue weighted by Gasteiger charge is -2.33. The standard InChI is InChI=1S/C15H16F4O2/c1-8-7-10(5-6-11(8)16)13(3)9(2)14(4,15(17,18)19)21-12(13)20/h5-7,9H,1-4H3/t9-,13+,14+/m0/s1. The van der Waals surface area contributed by atoms with E-state index in [0.29, 0.717) is 5.56 Å². The Bertz CT molecular complexity index is 596. The van der Waals surface area contributed by atoms with Gasteiger partial charge in [0, 0.05) is 5.92 Å². The Labute approximate surface area is 120 Å². The third-order valence-corrected chi connectivity index (χ3v) is 4.74. The summed E-state index contributed by atoms with van der Waals surface area (Å²) in [5, 5.41) is 0. The Morgan fingerprint density at radius 2 is 1.81 bits per heavy atom. The zero-order chi connectivity index (χ0) is 16.2. The molecular weight excluding hydrogens is 288 g/mol. The van der Waals surface area contributed by atoms with Gasteiger partial charge in [0.25, 0.3) is 0 Å². The predicted octanol–water partition coefficient (Wildman–Crippen LogP) is 3.91. The van der Waals surface area contributed by atoms with E-state index in [-0.39, 0.29) is 5.56 Å². The van der Waals surface area contributed by atoms with Gasteiger partial charge in [-0.3, -0.25) is 4.79 Å². The summed E-state index contributed by atoms with van der Waals surface area (Å²) < 4.78 is 57.8. The van der Waals surface area contributed by atoms with E-state index in [0.717, 1.165) is 13.0 Å². The Morgan fingerprint density at radius 3 is 2.24 bits per heavy atom. The summed E-state index contributed by atoms with van der Waals surface area (Å²) in [5.74, 6) is -2.55. The molecule has 1 aromatic rings. The number of rotatable bonds is 1. The van der Waals surface area contributed by atoms with Crippen LogP contribution in [0.1, 0.15) is 31.9 Å². The van der Waals surface area contributed by atoms with Crippen molar-refractivity contribution in [3.8, 4) is 0 Å². The molecule has 116 valence electrons. The Morgan fingerprint density at radius 1 is 1.24 bits per heavy atom. The summed E-state index contributed by atoms with van der Waals surface area (Å²) in [4.78, 5) is 12.1. The van der Waals surface area contributed by atoms with Crippen LogP contribution in [0.4, 0.5) is 17.6 Å². The quantitative estimate of drug-likeness (QED) is 0.581. The zero-order valence-corrected chi connectivity index (χ0v) is 12.1. The molecule has 0 amide bonds. The van der Waals surface area contributed by atoms with E-state index in [2.05, 4.69) is 0 Å². The first-order valence-electron chi connectivity index (χ1n) is 6.51. The van der Waals surface area contributed by atoms with Crippen LogP contribution >= 0.6 is 0 Å². The number of aryl methyl sites for hydroxylation is 1. The highest BCUT2D eigenvalue weighted by Crippen LogP contribution is 2.53. The number of alkyl halides is 3. The molecule has 0 aliphatic carbocycles. The Balaban J connectivity index is 2.57. The van der Waals surface area contributed by atoms with Crippen molar-refractivity contribution in [2.75, 3.05) is 0 Å². The van der Waals surface area contributed by atoms with Gasteiger partial charge in [0.05, 0.1) is 5.41 Å². The van der Waals surface area contributed by atoms with Crippen LogP contribution in [0.5, 0.6) is 0 Å². The second-order valence-electron chi connectivity index (χ2n) is 5.88. The van der Waals surface area contributed by atoms with Gasteiger partial charge < -0.3 is 4.74 Å². The van der Waals surface area contributed by atoms with Crippen molar-refractivity contribution in [2.24, 2.45) is 5.92 Å². The van der Waals surface area contributed by atoms with Crippen LogP contribution in [0.3, 0.4) is 0 Å². The smallest absolute Gasteiger partial charge is 0.428 e. The van der Waals surface area contributed by atoms with Crippen LogP contribution in [0, 0.1) is 18.7 Å². The van der Waals surface area contributed by atoms with Crippen molar-refractivity contribution in [3.63, 3.8) is 0 Å². The second kappa shape index (κ2) is 4.45. The summed E-state index contributed by atoms with van der Waals surface area (Å²) in [7, 11) is 0. The molecule has 0 saturated carbocycles. The van der Waals surface area contributed by atoms with Gasteiger partial charge >= 0.3 is 12.1 Å². The molecule has 6 heteroatoms. The third kappa shape index (κ3) is 2.03. The second-order valence-corrected chi connectivity index (χ2v) is 5.88. The normalized spacial score (nSPS) is 33.1. The molecule has 0 radical (unpaired) electrons. The molecule has 1 aliphatic heterocycles. The number of ether oxygens (including phenoxy) is 1. The highest BCUT2D eigenvalue weighted by atomic mass is 19.4. The van der Waals surface area contributed by atoms with Gasteiger partial charge in [0.1, 0.15) is 5.82 Å². The minimum absolute atomic E-state index is 0.273. The van der Waals surface area contributed by atoms with Crippen molar-refractivity contribution >= 4 is 5.97 Å². The van der Waals surface area contributed by atoms with Crippen molar-refractivity contribution in [1.29, 1.82) is 0 Å². The highest BCUT2D eigenvalue weighted by Gasteiger charge is 2.69. The van der Waals surface area contributed by atoms with Crippen LogP contribution in [-0.4, -0.2) is 17.7 Å². The average molecular weight is 304 g/mol. The molecule has 2 nitrogen and oxygen atoms in total. The lowest BCUT2D eigenvalue weighted by atomic mass is 9.68. The maximum absolute atomic E-state index is 13.3. The summed E-state index contributed by atoms with van der Waals surface area (Å²) in [5.41, 5.74) is -3.43. The van der Waals surface area contributed by atoms with Crippen LogP contribution in [0.15, 0.2) is 18.2 Å². The van der Waals surface area contributed by atoms with Gasteiger partial charge in [-0.1, -0.05) is 19.1 Å². The van der Waals surface area contributed by atoms with Crippen LogP contribution in [0.25, 0.3) is 0 Å². The van der Waals surface area contributed by atoms with Crippen molar-refractivity contribution in [3.05, 3.63) is 35.1 Å². The third-order valence-electron chi connectivity index (χ3n) is 4.74. The lowest BCUT2D eigenvalue weighted by Crippen LogP contribution is -2.49. The maximum atomic E-state index is 13.3. The van der Waals surface area contributed by atoms with E-state index < -0.39 is 34.9 Å². The molecule has 0 N–H and O–H groups in total. The molecule has 0 aromatic heterocycles. The van der Waals surface area contributed by atoms with Crippen molar-refractivity contribution < 1.29 is 27.1 Å². The summed E-state index contributed by atoms with van der Waals surface area (Å²) in [6.45, 7) is 5.11. The average Bonchev–Trinajstić information content (AvgIpc) is 2.55. The first-order chi connectivity index (χ1) is 9.44. The van der Waals surface area contributed by atoms with Crippen LogP contribution in [-0.2, 0) is 14.9 Å². The minimum Gasteiger partial charge on any atom is -0.449 e. The molecule has 0 bridgehead atoms. The summed E-state index contributed by atoms with van der Waals surface area (Å²) in [6, 6.07) is 3.89. The van der Waals surface area contributed by atoms with Crippen molar-refractivity contribution in [2.45, 2.75) is 44.9 Å². The number of hydrogen-bond acceptors (Lipinski definition) is 2. The molecular formula is C15H16F4O2. The molecule has 21 heavy (non-hydrogen) atoms. The van der Waals surface area contributed by atoms with Crippen LogP contribution in [0.2, 0.25) is 0 Å². The number of cyclic esters (lactones) is 1. The van der Waals surface area contributed by atoms with Gasteiger partial charge in [0.15, 0.2) is 0 Å². The van der Waals surface area contributed by atoms with E-state index >= 15 is 0 Å². The fraction of sp³-hybridized carbons (Fsp3) is 0.533. The van der Waals surface area contributed by atoms with Crippen LogP contribution < -0.4 is 0 Å². The molecule has 1 aliphatic rings. The first-order valence-corrected chi connectivity index (χ1v) is 6.51. The minimum atomic E-state index is -4.67. The molecule has 0 unspecified atom stereocenters. The van der Waals surface area contributed by atoms with Crippen molar-refractivity contribution in [1.82, 2.24) is 0 Å². The largest absolute Gasteiger partial charge is 0.449 e. The Kier molecular flexibility index (Phi) is 3.35. The predicted molar refractivity (Wildman–Crippen MR) is 68.2 cm³/mol. The number of benzene rings is 1. The van der Waals surface area contributed by atoms with E-state index in [1.54, 1.807) is 0 Å². The van der Waals surface area contributed by atoms with E-state index in [1.165, 1.54) is 32.9 Å². The van der Waals surface area contributed by atoms with Gasteiger partial charge in [-0.2, -0.15) is 13.2 Å². The number of halogens is 4. The van der Waals surface area contributed by atoms with Gasteiger partial charge in [-0.05, 0) is 38.0 Å². The number of carbonyl (C=O) groups is 1. The fourth-order valence-electron chi connectivity index (χ4n) is 2.75. The van der Waals surface area contributed by atoms with E-state index in [1.807, 2.05) is 0 Å². The molecule has 3 atom stereocenters. The summed E-state index contributed by atoms with van der Waals surface area (Å²) >= 11 is 0. The first kappa shape index (κ1) is 15.8. The number of carbonyl (C=O) groups excluding carboxylic acids is 1. The summed E-state index contributed by atoms with van der Waals surface area (Å²) in [6.07, 6.45) is -4.67. The molecule has 1 aromatic carbocycles. The van der Waals surface area contributed by atoms with Gasteiger partial charge in [-0.25, -0.2) is 4.39 Å². The molecule has 0 spiro atoms. The highest BCUT2D eigenvalue weighted by molar-refractivity contribution is 5.86. The van der Waals surface area contributed by atoms with E-state index in [9.17, 15) is 22.4 Å². The fourth-order valence-corrected chi connectivity index (χ4v) is 2.75. The molecule has 1 saturated heterocycles. The molecule has 2 rings (SSSR count). The lowest BCUT2D eigenvalue weighted by molar-refractivity contribution is -0.262.